The van der Waals surface area contributed by atoms with Gasteiger partial charge in [-0.15, -0.1) is 0 Å². The maximum atomic E-state index is 10.7. The lowest BCUT2D eigenvalue weighted by Gasteiger charge is -2.20. The van der Waals surface area contributed by atoms with Crippen LogP contribution >= 0.6 is 11.9 Å². The van der Waals surface area contributed by atoms with Gasteiger partial charge in [0.2, 0.25) is 12.4 Å². The molecule has 11 heteroatoms. The van der Waals surface area contributed by atoms with Gasteiger partial charge in [-0.1, -0.05) is 30.7 Å². The molecule has 0 unspecified atom stereocenters. The first-order chi connectivity index (χ1) is 16.0. The van der Waals surface area contributed by atoms with Crippen LogP contribution in [0.5, 0.6) is 5.75 Å². The normalized spacial score (nSPS) is 11.2. The summed E-state index contributed by atoms with van der Waals surface area (Å²) in [5.74, 6) is 1.91. The Kier molecular flexibility index (Phi) is 9.73. The van der Waals surface area contributed by atoms with Crippen molar-refractivity contribution in [1.29, 1.82) is 5.26 Å². The standard InChI is InChI=1S/C22H26N8O2S/c1-6-7-15(21(24-2)30(3)33-5)12-25-20-16(11-23)13-26-22(29-20)28-17-8-9-18(27-14-31)19(10-17)32-4/h6-10,13-14H,1,12H2,2-5H3,(H,27,31)(H2,25,26,28,29)/b15-7-,24-21?. The first-order valence-corrected chi connectivity index (χ1v) is 10.9. The minimum atomic E-state index is 0.287. The Labute approximate surface area is 197 Å². The SMILES string of the molecule is C=C/C=C(/CNc1nc(Nc2ccc(NC=O)c(OC)c2)ncc1C#N)C(=NC)N(C)SC. The van der Waals surface area contributed by atoms with E-state index in [1.807, 2.05) is 23.7 Å². The van der Waals surface area contributed by atoms with E-state index in [-0.39, 0.29) is 5.95 Å². The number of ether oxygens (including phenoxy) is 1. The van der Waals surface area contributed by atoms with Crippen LogP contribution in [-0.4, -0.2) is 60.5 Å². The number of aliphatic imine (C=N–C) groups is 1. The summed E-state index contributed by atoms with van der Waals surface area (Å²) >= 11 is 1.53. The maximum Gasteiger partial charge on any atom is 0.229 e. The molecule has 0 atom stereocenters. The molecule has 1 heterocycles. The highest BCUT2D eigenvalue weighted by Crippen LogP contribution is 2.29. The highest BCUT2D eigenvalue weighted by atomic mass is 32.2. The van der Waals surface area contributed by atoms with E-state index < -0.39 is 0 Å². The molecule has 0 fully saturated rings. The summed E-state index contributed by atoms with van der Waals surface area (Å²) in [6.07, 6.45) is 7.52. The Morgan fingerprint density at radius 2 is 2.24 bits per heavy atom. The van der Waals surface area contributed by atoms with Gasteiger partial charge < -0.3 is 25.0 Å². The van der Waals surface area contributed by atoms with Crippen LogP contribution in [0.2, 0.25) is 0 Å². The first kappa shape index (κ1) is 25.2. The average molecular weight is 467 g/mol. The van der Waals surface area contributed by atoms with Crippen molar-refractivity contribution in [3.8, 4) is 11.8 Å². The van der Waals surface area contributed by atoms with Gasteiger partial charge in [-0.25, -0.2) is 4.98 Å². The van der Waals surface area contributed by atoms with E-state index in [0.29, 0.717) is 41.5 Å². The number of carbonyl (C=O) groups is 1. The second kappa shape index (κ2) is 12.7. The molecule has 0 spiro atoms. The van der Waals surface area contributed by atoms with Crippen molar-refractivity contribution in [1.82, 2.24) is 14.3 Å². The van der Waals surface area contributed by atoms with Gasteiger partial charge in [0.15, 0.2) is 0 Å². The first-order valence-electron chi connectivity index (χ1n) is 9.74. The van der Waals surface area contributed by atoms with E-state index in [0.717, 1.165) is 11.4 Å². The number of anilines is 4. The predicted molar refractivity (Wildman–Crippen MR) is 134 cm³/mol. The smallest absolute Gasteiger partial charge is 0.229 e. The summed E-state index contributed by atoms with van der Waals surface area (Å²) in [5, 5.41) is 18.3. The molecule has 0 radical (unpaired) electrons. The summed E-state index contributed by atoms with van der Waals surface area (Å²) < 4.78 is 7.23. The van der Waals surface area contributed by atoms with Gasteiger partial charge in [-0.2, -0.15) is 10.2 Å². The molecular formula is C22H26N8O2S. The molecule has 2 rings (SSSR count). The number of carbonyl (C=O) groups excluding carboxylic acids is 1. The maximum absolute atomic E-state index is 10.7. The topological polar surface area (TPSA) is 128 Å². The zero-order chi connectivity index (χ0) is 24.2. The number of methoxy groups -OCH3 is 1. The van der Waals surface area contributed by atoms with E-state index in [1.165, 1.54) is 25.3 Å². The fourth-order valence-corrected chi connectivity index (χ4v) is 3.22. The molecule has 0 aliphatic heterocycles. The van der Waals surface area contributed by atoms with Crippen LogP contribution in [0.25, 0.3) is 0 Å². The molecule has 1 aromatic carbocycles. The quantitative estimate of drug-likeness (QED) is 0.150. The zero-order valence-corrected chi connectivity index (χ0v) is 19.7. The van der Waals surface area contributed by atoms with Gasteiger partial charge in [0, 0.05) is 44.2 Å². The number of allylic oxidation sites excluding steroid dienone is 2. The third-order valence-electron chi connectivity index (χ3n) is 4.42. The Balaban J connectivity index is 2.28. The fourth-order valence-electron chi connectivity index (χ4n) is 2.85. The van der Waals surface area contributed by atoms with Crippen LogP contribution in [0.4, 0.5) is 23.1 Å². The summed E-state index contributed by atoms with van der Waals surface area (Å²) in [4.78, 5) is 23.8. The molecule has 0 saturated carbocycles. The van der Waals surface area contributed by atoms with E-state index in [9.17, 15) is 10.1 Å². The average Bonchev–Trinajstić information content (AvgIpc) is 2.83. The Hall–Kier alpha value is -4.04. The Bertz CT molecular complexity index is 1090. The molecule has 0 aliphatic rings. The molecular weight excluding hydrogens is 440 g/mol. The van der Waals surface area contributed by atoms with Crippen molar-refractivity contribution in [2.24, 2.45) is 4.99 Å². The third kappa shape index (κ3) is 6.72. The van der Waals surface area contributed by atoms with Crippen molar-refractivity contribution in [2.45, 2.75) is 0 Å². The number of rotatable bonds is 11. The van der Waals surface area contributed by atoms with Crippen molar-refractivity contribution >= 4 is 47.3 Å². The monoisotopic (exact) mass is 466 g/mol. The second-order valence-corrected chi connectivity index (χ2v) is 7.29. The minimum Gasteiger partial charge on any atom is -0.494 e. The molecule has 0 saturated heterocycles. The molecule has 2 aromatic rings. The number of amidine groups is 1. The largest absolute Gasteiger partial charge is 0.494 e. The second-order valence-electron chi connectivity index (χ2n) is 6.38. The fraction of sp³-hybridized carbons (Fsp3) is 0.227. The van der Waals surface area contributed by atoms with Gasteiger partial charge in [0.25, 0.3) is 0 Å². The lowest BCUT2D eigenvalue weighted by atomic mass is 10.2. The molecule has 172 valence electrons. The molecule has 1 amide bonds. The molecule has 0 aliphatic carbocycles. The number of nitrogens with zero attached hydrogens (tertiary/aromatic N) is 5. The third-order valence-corrected chi connectivity index (χ3v) is 5.14. The van der Waals surface area contributed by atoms with Gasteiger partial charge in [-0.05, 0) is 12.1 Å². The molecule has 33 heavy (non-hydrogen) atoms. The van der Waals surface area contributed by atoms with Crippen molar-refractivity contribution in [3.63, 3.8) is 0 Å². The van der Waals surface area contributed by atoms with E-state index in [2.05, 4.69) is 43.6 Å². The minimum absolute atomic E-state index is 0.287. The van der Waals surface area contributed by atoms with Crippen molar-refractivity contribution in [3.05, 3.63) is 54.3 Å². The summed E-state index contributed by atoms with van der Waals surface area (Å²) in [6, 6.07) is 7.24. The van der Waals surface area contributed by atoms with Gasteiger partial charge in [0.05, 0.1) is 19.0 Å². The summed E-state index contributed by atoms with van der Waals surface area (Å²) in [5.41, 5.74) is 2.36. The van der Waals surface area contributed by atoms with Crippen LogP contribution in [0.1, 0.15) is 5.56 Å². The molecule has 1 aromatic heterocycles. The number of hydrogen-bond acceptors (Lipinski definition) is 9. The molecule has 3 N–H and O–H groups in total. The Morgan fingerprint density at radius 1 is 1.45 bits per heavy atom. The number of aromatic nitrogens is 2. The number of likely N-dealkylation sites (N-methyl/N-ethyl adjacent to an activating group) is 1. The van der Waals surface area contributed by atoms with Crippen LogP contribution < -0.4 is 20.7 Å². The summed E-state index contributed by atoms with van der Waals surface area (Å²) in [7, 11) is 5.14. The van der Waals surface area contributed by atoms with Gasteiger partial charge >= 0.3 is 0 Å². The van der Waals surface area contributed by atoms with E-state index in [4.69, 9.17) is 4.74 Å². The van der Waals surface area contributed by atoms with Crippen LogP contribution in [0, 0.1) is 11.3 Å². The number of hydrogen-bond donors (Lipinski definition) is 3. The van der Waals surface area contributed by atoms with E-state index >= 15 is 0 Å². The van der Waals surface area contributed by atoms with E-state index in [1.54, 1.807) is 31.3 Å². The Morgan fingerprint density at radius 3 is 2.85 bits per heavy atom. The van der Waals surface area contributed by atoms with Crippen LogP contribution in [0.15, 0.2) is 53.7 Å². The number of nitrogens with one attached hydrogen (secondary N) is 3. The highest BCUT2D eigenvalue weighted by Gasteiger charge is 2.14. The number of nitriles is 1. The zero-order valence-electron chi connectivity index (χ0n) is 18.9. The van der Waals surface area contributed by atoms with Crippen LogP contribution in [-0.2, 0) is 4.79 Å². The lowest BCUT2D eigenvalue weighted by Crippen LogP contribution is -2.25. The number of amides is 1. The highest BCUT2D eigenvalue weighted by molar-refractivity contribution is 7.96. The van der Waals surface area contributed by atoms with Gasteiger partial charge in [0.1, 0.15) is 29.0 Å². The van der Waals surface area contributed by atoms with Gasteiger partial charge in [-0.3, -0.25) is 9.79 Å². The van der Waals surface area contributed by atoms with Crippen molar-refractivity contribution in [2.75, 3.05) is 50.0 Å². The van der Waals surface area contributed by atoms with Crippen molar-refractivity contribution < 1.29 is 9.53 Å². The lowest BCUT2D eigenvalue weighted by molar-refractivity contribution is -0.105. The molecule has 0 bridgehead atoms. The number of benzene rings is 1. The van der Waals surface area contributed by atoms with Crippen LogP contribution in [0.3, 0.4) is 0 Å². The predicted octanol–water partition coefficient (Wildman–Crippen LogP) is 3.43. The summed E-state index contributed by atoms with van der Waals surface area (Å²) in [6.45, 7) is 4.15. The molecule has 10 nitrogen and oxygen atoms in total.